The van der Waals surface area contributed by atoms with Gasteiger partial charge in [0.1, 0.15) is 35.9 Å². The van der Waals surface area contributed by atoms with Crippen molar-refractivity contribution in [2.24, 2.45) is 0 Å². The van der Waals surface area contributed by atoms with Gasteiger partial charge in [-0.2, -0.15) is 10.1 Å². The number of benzene rings is 3. The van der Waals surface area contributed by atoms with E-state index in [1.807, 2.05) is 30.3 Å². The van der Waals surface area contributed by atoms with E-state index in [2.05, 4.69) is 15.4 Å². The molecule has 2 aliphatic heterocycles. The summed E-state index contributed by atoms with van der Waals surface area (Å²) in [5.41, 5.74) is 3.42. The van der Waals surface area contributed by atoms with Crippen molar-refractivity contribution in [1.29, 1.82) is 0 Å². The molecule has 1 N–H and O–H groups in total. The molecule has 4 aromatic rings. The maximum atomic E-state index is 15.0. The van der Waals surface area contributed by atoms with Crippen LogP contribution in [-0.2, 0) is 0 Å². The molecule has 3 heterocycles. The highest BCUT2D eigenvalue weighted by Crippen LogP contribution is 2.50. The lowest BCUT2D eigenvalue weighted by Gasteiger charge is -2.39. The van der Waals surface area contributed by atoms with Crippen molar-refractivity contribution in [2.45, 2.75) is 12.1 Å². The molecule has 3 aromatic carbocycles. The van der Waals surface area contributed by atoms with E-state index in [0.29, 0.717) is 22.8 Å². The van der Waals surface area contributed by atoms with Gasteiger partial charge in [0.05, 0.1) is 5.70 Å². The number of nitrogens with one attached hydrogen (secondary N) is 1. The van der Waals surface area contributed by atoms with Crippen LogP contribution in [0.25, 0.3) is 5.70 Å². The van der Waals surface area contributed by atoms with Crippen LogP contribution in [0.2, 0.25) is 0 Å². The van der Waals surface area contributed by atoms with Gasteiger partial charge in [-0.25, -0.2) is 13.5 Å². The third kappa shape index (κ3) is 2.73. The molecular formula is C24H16F2N4O. The van der Waals surface area contributed by atoms with Gasteiger partial charge in [-0.05, 0) is 35.9 Å². The average Bonchev–Trinajstić information content (AvgIpc) is 3.26. The van der Waals surface area contributed by atoms with Crippen molar-refractivity contribution in [3.8, 4) is 5.75 Å². The third-order valence-electron chi connectivity index (χ3n) is 5.67. The number of hydrogen-bond acceptors (Lipinski definition) is 4. The number of rotatable bonds is 2. The zero-order chi connectivity index (χ0) is 20.9. The van der Waals surface area contributed by atoms with E-state index in [-0.39, 0.29) is 11.6 Å². The number of anilines is 1. The lowest BCUT2D eigenvalue weighted by Crippen LogP contribution is -2.32. The fourth-order valence-electron chi connectivity index (χ4n) is 4.36. The van der Waals surface area contributed by atoms with E-state index in [4.69, 9.17) is 4.74 Å². The molecule has 0 saturated heterocycles. The number of ether oxygens (including phenoxy) is 1. The van der Waals surface area contributed by atoms with Crippen LogP contribution in [0.1, 0.15) is 28.8 Å². The lowest BCUT2D eigenvalue weighted by atomic mass is 9.84. The second-order valence-electron chi connectivity index (χ2n) is 7.46. The number of halogens is 2. The summed E-state index contributed by atoms with van der Waals surface area (Å²) in [7, 11) is 0. The van der Waals surface area contributed by atoms with Crippen LogP contribution in [-0.4, -0.2) is 14.8 Å². The van der Waals surface area contributed by atoms with Crippen molar-refractivity contribution in [1.82, 2.24) is 14.8 Å². The topological polar surface area (TPSA) is 52.0 Å². The predicted molar refractivity (Wildman–Crippen MR) is 111 cm³/mol. The first-order valence-corrected chi connectivity index (χ1v) is 9.87. The summed E-state index contributed by atoms with van der Waals surface area (Å²) in [4.78, 5) is 4.32. The molecule has 0 saturated carbocycles. The van der Waals surface area contributed by atoms with Crippen LogP contribution in [0.5, 0.6) is 5.75 Å². The first-order valence-electron chi connectivity index (χ1n) is 9.87. The third-order valence-corrected chi connectivity index (χ3v) is 5.67. The molecule has 0 amide bonds. The van der Waals surface area contributed by atoms with Gasteiger partial charge in [-0.3, -0.25) is 0 Å². The first kappa shape index (κ1) is 17.8. The SMILES string of the molecule is Fc1cccc(C2Oc3ccccc3C3=C2C(c2ccccc2F)n2ncnc2N3)c1. The minimum atomic E-state index is -0.643. The van der Waals surface area contributed by atoms with Gasteiger partial charge < -0.3 is 10.1 Å². The zero-order valence-electron chi connectivity index (χ0n) is 16.2. The van der Waals surface area contributed by atoms with E-state index in [9.17, 15) is 4.39 Å². The van der Waals surface area contributed by atoms with Crippen LogP contribution in [0.15, 0.2) is 84.7 Å². The summed E-state index contributed by atoms with van der Waals surface area (Å²) in [6.45, 7) is 0. The maximum absolute atomic E-state index is 15.0. The van der Waals surface area contributed by atoms with Gasteiger partial charge in [0.25, 0.3) is 0 Å². The summed E-state index contributed by atoms with van der Waals surface area (Å²) >= 11 is 0. The van der Waals surface area contributed by atoms with Crippen LogP contribution in [0.3, 0.4) is 0 Å². The van der Waals surface area contributed by atoms with E-state index < -0.39 is 12.1 Å². The van der Waals surface area contributed by atoms with Gasteiger partial charge in [-0.15, -0.1) is 0 Å². The molecular weight excluding hydrogens is 398 g/mol. The Balaban J connectivity index is 1.66. The summed E-state index contributed by atoms with van der Waals surface area (Å²) in [5, 5.41) is 7.70. The molecule has 6 rings (SSSR count). The smallest absolute Gasteiger partial charge is 0.226 e. The monoisotopic (exact) mass is 414 g/mol. The molecule has 152 valence electrons. The van der Waals surface area contributed by atoms with Crippen molar-refractivity contribution in [2.75, 3.05) is 5.32 Å². The number of para-hydroxylation sites is 1. The van der Waals surface area contributed by atoms with Gasteiger partial charge >= 0.3 is 0 Å². The fourth-order valence-corrected chi connectivity index (χ4v) is 4.36. The zero-order valence-corrected chi connectivity index (χ0v) is 16.2. The van der Waals surface area contributed by atoms with E-state index in [1.54, 1.807) is 28.9 Å². The van der Waals surface area contributed by atoms with Crippen LogP contribution in [0, 0.1) is 11.6 Å². The highest BCUT2D eigenvalue weighted by Gasteiger charge is 2.41. The minimum Gasteiger partial charge on any atom is -0.480 e. The minimum absolute atomic E-state index is 0.362. The Morgan fingerprint density at radius 2 is 1.77 bits per heavy atom. The van der Waals surface area contributed by atoms with Crippen LogP contribution >= 0.6 is 0 Å². The Kier molecular flexibility index (Phi) is 3.89. The number of fused-ring (bicyclic) bond motifs is 3. The second-order valence-corrected chi connectivity index (χ2v) is 7.46. The van der Waals surface area contributed by atoms with Crippen LogP contribution in [0.4, 0.5) is 14.7 Å². The van der Waals surface area contributed by atoms with Gasteiger partial charge in [0.15, 0.2) is 0 Å². The van der Waals surface area contributed by atoms with Crippen molar-refractivity contribution in [3.63, 3.8) is 0 Å². The Morgan fingerprint density at radius 3 is 2.65 bits per heavy atom. The largest absolute Gasteiger partial charge is 0.480 e. The van der Waals surface area contributed by atoms with Gasteiger partial charge in [-0.1, -0.05) is 42.5 Å². The van der Waals surface area contributed by atoms with E-state index in [1.165, 1.54) is 24.5 Å². The van der Waals surface area contributed by atoms with Crippen LogP contribution < -0.4 is 10.1 Å². The molecule has 0 radical (unpaired) electrons. The molecule has 0 bridgehead atoms. The summed E-state index contributed by atoms with van der Waals surface area (Å²) in [6.07, 6.45) is 0.786. The fraction of sp³-hybridized carbons (Fsp3) is 0.0833. The molecule has 0 aliphatic carbocycles. The van der Waals surface area contributed by atoms with Gasteiger partial charge in [0.2, 0.25) is 5.95 Å². The second kappa shape index (κ2) is 6.77. The number of nitrogens with zero attached hydrogens (tertiary/aromatic N) is 3. The standard InChI is InChI=1S/C24H16F2N4O/c25-15-7-5-6-14(12-15)23-20-21(17-9-2-4-11-19(17)31-23)29-24-27-13-28-30(24)22(20)16-8-1-3-10-18(16)26/h1-13,22-23H,(H,27,28,29). The molecule has 2 aliphatic rings. The lowest BCUT2D eigenvalue weighted by molar-refractivity contribution is 0.222. The van der Waals surface area contributed by atoms with E-state index in [0.717, 1.165) is 16.8 Å². The normalized spacial score (nSPS) is 19.0. The first-order chi connectivity index (χ1) is 15.2. The Hall–Kier alpha value is -4.00. The molecule has 7 heteroatoms. The van der Waals surface area contributed by atoms with Crippen molar-refractivity contribution >= 4 is 11.6 Å². The highest BCUT2D eigenvalue weighted by atomic mass is 19.1. The molecule has 0 spiro atoms. The quantitative estimate of drug-likeness (QED) is 0.495. The molecule has 1 aromatic heterocycles. The van der Waals surface area contributed by atoms with Crippen molar-refractivity contribution < 1.29 is 13.5 Å². The Morgan fingerprint density at radius 1 is 0.935 bits per heavy atom. The summed E-state index contributed by atoms with van der Waals surface area (Å²) in [5.74, 6) is 0.430. The summed E-state index contributed by atoms with van der Waals surface area (Å²) in [6, 6.07) is 19.8. The molecule has 5 nitrogen and oxygen atoms in total. The van der Waals surface area contributed by atoms with Crippen molar-refractivity contribution in [3.05, 3.63) is 113 Å². The Labute approximate surface area is 176 Å². The highest BCUT2D eigenvalue weighted by molar-refractivity contribution is 5.85. The summed E-state index contributed by atoms with van der Waals surface area (Å²) < 4.78 is 37.2. The molecule has 2 unspecified atom stereocenters. The number of hydrogen-bond donors (Lipinski definition) is 1. The molecule has 0 fully saturated rings. The Bertz CT molecular complexity index is 1350. The molecule has 31 heavy (non-hydrogen) atoms. The molecule has 2 atom stereocenters. The van der Waals surface area contributed by atoms with Gasteiger partial charge in [0, 0.05) is 16.7 Å². The maximum Gasteiger partial charge on any atom is 0.226 e. The number of aromatic nitrogens is 3. The van der Waals surface area contributed by atoms with E-state index >= 15 is 4.39 Å². The average molecular weight is 414 g/mol. The predicted octanol–water partition coefficient (Wildman–Crippen LogP) is 5.12.